The van der Waals surface area contributed by atoms with Gasteiger partial charge in [-0.15, -0.1) is 0 Å². The summed E-state index contributed by atoms with van der Waals surface area (Å²) in [5.41, 5.74) is 0.744. The summed E-state index contributed by atoms with van der Waals surface area (Å²) in [6, 6.07) is 5.32. The molecule has 2 aromatic rings. The van der Waals surface area contributed by atoms with Crippen molar-refractivity contribution < 1.29 is 12.8 Å². The van der Waals surface area contributed by atoms with E-state index in [4.69, 9.17) is 10.7 Å². The van der Waals surface area contributed by atoms with Crippen LogP contribution in [-0.4, -0.2) is 18.6 Å². The molecule has 0 unspecified atom stereocenters. The van der Waals surface area contributed by atoms with Crippen LogP contribution in [0.2, 0.25) is 0 Å². The maximum Gasteiger partial charge on any atom is 0.265 e. The van der Waals surface area contributed by atoms with Crippen molar-refractivity contribution >= 4 is 19.7 Å². The first-order valence-corrected chi connectivity index (χ1v) is 6.53. The molecule has 84 valence electrons. The number of rotatable bonds is 2. The van der Waals surface area contributed by atoms with E-state index in [-0.39, 0.29) is 10.6 Å². The van der Waals surface area contributed by atoms with E-state index in [0.717, 1.165) is 6.20 Å². The van der Waals surface area contributed by atoms with Crippen molar-refractivity contribution in [3.05, 3.63) is 36.3 Å². The summed E-state index contributed by atoms with van der Waals surface area (Å²) in [6.45, 7) is 0. The highest BCUT2D eigenvalue weighted by atomic mass is 35.7. The lowest BCUT2D eigenvalue weighted by atomic mass is 10.1. The van der Waals surface area contributed by atoms with Crippen LogP contribution in [0, 0.1) is 5.82 Å². The molecule has 0 bridgehead atoms. The van der Waals surface area contributed by atoms with E-state index in [9.17, 15) is 12.8 Å². The highest BCUT2D eigenvalue weighted by molar-refractivity contribution is 8.13. The number of halogens is 2. The standard InChI is InChI=1S/C9H6ClFN2O2S/c10-16(14,15)8-5-12-13-9(8)6-1-3-7(11)4-2-6/h1-5H,(H,12,13). The van der Waals surface area contributed by atoms with Crippen molar-refractivity contribution in [3.63, 3.8) is 0 Å². The van der Waals surface area contributed by atoms with Crippen LogP contribution in [0.1, 0.15) is 0 Å². The molecule has 7 heteroatoms. The average molecular weight is 261 g/mol. The molecule has 0 spiro atoms. The van der Waals surface area contributed by atoms with Crippen LogP contribution in [0.4, 0.5) is 4.39 Å². The zero-order chi connectivity index (χ0) is 11.8. The largest absolute Gasteiger partial charge is 0.276 e. The fraction of sp³-hybridized carbons (Fsp3) is 0. The molecule has 0 fully saturated rings. The van der Waals surface area contributed by atoms with Gasteiger partial charge in [0, 0.05) is 16.2 Å². The van der Waals surface area contributed by atoms with Gasteiger partial charge in [-0.05, 0) is 24.3 Å². The first-order valence-electron chi connectivity index (χ1n) is 4.22. The molecule has 1 N–H and O–H groups in total. The van der Waals surface area contributed by atoms with Crippen LogP contribution in [0.25, 0.3) is 11.3 Å². The predicted molar refractivity (Wildman–Crippen MR) is 57.0 cm³/mol. The smallest absolute Gasteiger partial charge is 0.265 e. The molecular weight excluding hydrogens is 255 g/mol. The maximum atomic E-state index is 12.7. The normalized spacial score (nSPS) is 11.6. The summed E-state index contributed by atoms with van der Waals surface area (Å²) in [4.78, 5) is -0.124. The molecule has 1 aromatic heterocycles. The van der Waals surface area contributed by atoms with Gasteiger partial charge >= 0.3 is 0 Å². The second-order valence-electron chi connectivity index (χ2n) is 3.05. The number of H-pyrrole nitrogens is 1. The second kappa shape index (κ2) is 3.88. The molecule has 1 aromatic carbocycles. The van der Waals surface area contributed by atoms with Crippen LogP contribution in [-0.2, 0) is 9.05 Å². The summed E-state index contributed by atoms with van der Waals surface area (Å²) in [5, 5.41) is 6.12. The van der Waals surface area contributed by atoms with E-state index in [2.05, 4.69) is 10.2 Å². The Morgan fingerprint density at radius 2 is 1.88 bits per heavy atom. The van der Waals surface area contributed by atoms with E-state index in [0.29, 0.717) is 5.56 Å². The third-order valence-electron chi connectivity index (χ3n) is 2.00. The minimum absolute atomic E-state index is 0.124. The van der Waals surface area contributed by atoms with E-state index in [1.165, 1.54) is 24.3 Å². The highest BCUT2D eigenvalue weighted by Gasteiger charge is 2.18. The minimum atomic E-state index is -3.86. The minimum Gasteiger partial charge on any atom is -0.276 e. The van der Waals surface area contributed by atoms with Gasteiger partial charge in [0.25, 0.3) is 9.05 Å². The molecule has 0 saturated heterocycles. The highest BCUT2D eigenvalue weighted by Crippen LogP contribution is 2.27. The third kappa shape index (κ3) is 2.07. The Morgan fingerprint density at radius 3 is 2.44 bits per heavy atom. The third-order valence-corrected chi connectivity index (χ3v) is 3.33. The Balaban J connectivity index is 2.58. The Kier molecular flexibility index (Phi) is 2.69. The van der Waals surface area contributed by atoms with Crippen LogP contribution in [0.15, 0.2) is 35.4 Å². The summed E-state index contributed by atoms with van der Waals surface area (Å²) in [6.07, 6.45) is 1.11. The molecule has 0 aliphatic rings. The average Bonchev–Trinajstić information content (AvgIpc) is 2.66. The first kappa shape index (κ1) is 11.1. The summed E-state index contributed by atoms with van der Waals surface area (Å²) >= 11 is 0. The fourth-order valence-corrected chi connectivity index (χ4v) is 2.22. The predicted octanol–water partition coefficient (Wildman–Crippen LogP) is 2.14. The van der Waals surface area contributed by atoms with Gasteiger partial charge in [0.1, 0.15) is 10.7 Å². The zero-order valence-electron chi connectivity index (χ0n) is 7.81. The molecule has 1 heterocycles. The number of benzene rings is 1. The molecule has 4 nitrogen and oxygen atoms in total. The van der Waals surface area contributed by atoms with Gasteiger partial charge in [-0.25, -0.2) is 12.8 Å². The lowest BCUT2D eigenvalue weighted by molar-refractivity contribution is 0.610. The number of hydrogen-bond donors (Lipinski definition) is 1. The van der Waals surface area contributed by atoms with Gasteiger partial charge in [0.15, 0.2) is 0 Å². The molecule has 0 radical (unpaired) electrons. The lowest BCUT2D eigenvalue weighted by Crippen LogP contribution is -1.91. The van der Waals surface area contributed by atoms with Crippen molar-refractivity contribution in [2.75, 3.05) is 0 Å². The monoisotopic (exact) mass is 260 g/mol. The van der Waals surface area contributed by atoms with Gasteiger partial charge < -0.3 is 0 Å². The molecule has 2 rings (SSSR count). The second-order valence-corrected chi connectivity index (χ2v) is 5.59. The van der Waals surface area contributed by atoms with E-state index in [1.807, 2.05) is 0 Å². The van der Waals surface area contributed by atoms with Crippen LogP contribution in [0.3, 0.4) is 0 Å². The molecule has 16 heavy (non-hydrogen) atoms. The van der Waals surface area contributed by atoms with Gasteiger partial charge in [-0.1, -0.05) is 0 Å². The Hall–Kier alpha value is -1.40. The van der Waals surface area contributed by atoms with Gasteiger partial charge in [0.2, 0.25) is 0 Å². The number of nitrogens with zero attached hydrogens (tertiary/aromatic N) is 1. The summed E-state index contributed by atoms with van der Waals surface area (Å²) in [5.74, 6) is -0.404. The molecule has 0 atom stereocenters. The number of nitrogens with one attached hydrogen (secondary N) is 1. The fourth-order valence-electron chi connectivity index (χ4n) is 1.28. The number of aromatic amines is 1. The summed E-state index contributed by atoms with van der Waals surface area (Å²) in [7, 11) is 1.36. The van der Waals surface area contributed by atoms with Gasteiger partial charge in [0.05, 0.1) is 11.9 Å². The van der Waals surface area contributed by atoms with Gasteiger partial charge in [-0.2, -0.15) is 5.10 Å². The number of hydrogen-bond acceptors (Lipinski definition) is 3. The lowest BCUT2D eigenvalue weighted by Gasteiger charge is -1.99. The van der Waals surface area contributed by atoms with Gasteiger partial charge in [-0.3, -0.25) is 5.10 Å². The zero-order valence-corrected chi connectivity index (χ0v) is 9.39. The molecule has 0 saturated carbocycles. The topological polar surface area (TPSA) is 62.8 Å². The molecule has 0 amide bonds. The Morgan fingerprint density at radius 1 is 1.25 bits per heavy atom. The SMILES string of the molecule is O=S(=O)(Cl)c1cn[nH]c1-c1ccc(F)cc1. The van der Waals surface area contributed by atoms with Crippen LogP contribution < -0.4 is 0 Å². The molecule has 0 aliphatic carbocycles. The Bertz CT molecular complexity index is 607. The Labute approximate surface area is 95.5 Å². The quantitative estimate of drug-likeness (QED) is 0.842. The first-order chi connectivity index (χ1) is 7.48. The van der Waals surface area contributed by atoms with Crippen molar-refractivity contribution in [1.82, 2.24) is 10.2 Å². The molecular formula is C9H6ClFN2O2S. The van der Waals surface area contributed by atoms with Crippen molar-refractivity contribution in [2.24, 2.45) is 0 Å². The maximum absolute atomic E-state index is 12.7. The van der Waals surface area contributed by atoms with Crippen molar-refractivity contribution in [1.29, 1.82) is 0 Å². The van der Waals surface area contributed by atoms with E-state index in [1.54, 1.807) is 0 Å². The van der Waals surface area contributed by atoms with Crippen LogP contribution in [0.5, 0.6) is 0 Å². The van der Waals surface area contributed by atoms with Crippen LogP contribution >= 0.6 is 10.7 Å². The summed E-state index contributed by atoms with van der Waals surface area (Å²) < 4.78 is 35.1. The van der Waals surface area contributed by atoms with E-state index < -0.39 is 14.9 Å². The van der Waals surface area contributed by atoms with E-state index >= 15 is 0 Å². The van der Waals surface area contributed by atoms with Crippen molar-refractivity contribution in [2.45, 2.75) is 4.90 Å². The molecule has 0 aliphatic heterocycles. The van der Waals surface area contributed by atoms with Crippen molar-refractivity contribution in [3.8, 4) is 11.3 Å². The number of aromatic nitrogens is 2.